The molecule has 0 aliphatic heterocycles. The van der Waals surface area contributed by atoms with Crippen LogP contribution in [0, 0.1) is 5.21 Å². The van der Waals surface area contributed by atoms with E-state index in [1.165, 1.54) is 6.08 Å². The molecule has 0 aromatic heterocycles. The van der Waals surface area contributed by atoms with Gasteiger partial charge in [0.1, 0.15) is 6.54 Å². The topological polar surface area (TPSA) is 72.8 Å². The molecule has 5 heteroatoms. The number of aliphatic carboxylic acids is 1. The van der Waals surface area contributed by atoms with Gasteiger partial charge in [-0.3, -0.25) is 10.0 Å². The van der Waals surface area contributed by atoms with Crippen molar-refractivity contribution in [2.45, 2.75) is 0 Å². The molecule has 0 amide bonds. The summed E-state index contributed by atoms with van der Waals surface area (Å²) < 4.78 is 0. The highest BCUT2D eigenvalue weighted by molar-refractivity contribution is 5.68. The highest BCUT2D eigenvalue weighted by Crippen LogP contribution is 1.85. The first-order valence-corrected chi connectivity index (χ1v) is 2.57. The third kappa shape index (κ3) is 5.23. The lowest BCUT2D eigenvalue weighted by atomic mass is 10.7. The van der Waals surface area contributed by atoms with Crippen LogP contribution in [0.3, 0.4) is 0 Å². The average molecular weight is 146 g/mol. The Balaban J connectivity index is 3.33. The molecule has 58 valence electrons. The van der Waals surface area contributed by atoms with Gasteiger partial charge in [-0.1, -0.05) is 6.08 Å². The summed E-state index contributed by atoms with van der Waals surface area (Å²) in [5.41, 5.74) is 0. The van der Waals surface area contributed by atoms with Gasteiger partial charge in [-0.25, -0.2) is 0 Å². The number of carboxylic acid groups (broad SMARTS) is 1. The largest absolute Gasteiger partial charge is 0.762 e. The number of rotatable bonds is 5. The maximum absolute atomic E-state index is 10.3. The molecular formula is C5H8NO4-. The highest BCUT2D eigenvalue weighted by Gasteiger charge is 1.96. The van der Waals surface area contributed by atoms with Gasteiger partial charge in [-0.15, -0.1) is 6.58 Å². The fourth-order valence-corrected chi connectivity index (χ4v) is 0.292. The van der Waals surface area contributed by atoms with E-state index in [-0.39, 0.29) is 11.8 Å². The summed E-state index contributed by atoms with van der Waals surface area (Å²) in [4.78, 5) is 14.1. The van der Waals surface area contributed by atoms with E-state index in [1.54, 1.807) is 0 Å². The summed E-state index contributed by atoms with van der Waals surface area (Å²) in [6, 6.07) is 0. The molecule has 5 nitrogen and oxygen atoms in total. The number of carbonyl (C=O) groups is 1. The van der Waals surface area contributed by atoms with Crippen LogP contribution in [0.4, 0.5) is 0 Å². The molecule has 0 fully saturated rings. The molecule has 0 atom stereocenters. The zero-order valence-electron chi connectivity index (χ0n) is 5.32. The lowest BCUT2D eigenvalue weighted by Gasteiger charge is -2.23. The number of hydrogen-bond donors (Lipinski definition) is 1. The Bertz CT molecular complexity index is 125. The summed E-state index contributed by atoms with van der Waals surface area (Å²) >= 11 is 0. The Morgan fingerprint density at radius 3 is 2.90 bits per heavy atom. The third-order valence-corrected chi connectivity index (χ3v) is 0.601. The molecule has 0 aromatic rings. The van der Waals surface area contributed by atoms with Gasteiger partial charge in [0.2, 0.25) is 0 Å². The Kier molecular flexibility index (Phi) is 4.47. The SMILES string of the molecule is C=CCON([O-])CC(=O)O. The van der Waals surface area contributed by atoms with Crippen molar-refractivity contribution in [1.29, 1.82) is 0 Å². The molecule has 0 radical (unpaired) electrons. The first kappa shape index (κ1) is 9.09. The van der Waals surface area contributed by atoms with Gasteiger partial charge in [0.25, 0.3) is 0 Å². The minimum atomic E-state index is -1.22. The Hall–Kier alpha value is -0.910. The van der Waals surface area contributed by atoms with Gasteiger partial charge in [0.05, 0.1) is 6.61 Å². The highest BCUT2D eigenvalue weighted by atomic mass is 16.9. The molecule has 0 rings (SSSR count). The molecular weight excluding hydrogens is 138 g/mol. The van der Waals surface area contributed by atoms with Crippen molar-refractivity contribution in [1.82, 2.24) is 5.23 Å². The van der Waals surface area contributed by atoms with E-state index in [1.807, 2.05) is 0 Å². The summed E-state index contributed by atoms with van der Waals surface area (Å²) in [7, 11) is 0. The van der Waals surface area contributed by atoms with Gasteiger partial charge in [-0.05, 0) is 0 Å². The van der Waals surface area contributed by atoms with Crippen LogP contribution in [0.5, 0.6) is 0 Å². The third-order valence-electron chi connectivity index (χ3n) is 0.601. The maximum Gasteiger partial charge on any atom is 0.318 e. The van der Waals surface area contributed by atoms with E-state index in [0.29, 0.717) is 0 Å². The number of carboxylic acids is 1. The maximum atomic E-state index is 10.3. The average Bonchev–Trinajstić information content (AvgIpc) is 1.82. The van der Waals surface area contributed by atoms with E-state index in [4.69, 9.17) is 5.11 Å². The number of hydroxylamine groups is 2. The van der Waals surface area contributed by atoms with E-state index in [9.17, 15) is 10.0 Å². The second-order valence-electron chi connectivity index (χ2n) is 1.47. The second kappa shape index (κ2) is 4.92. The predicted molar refractivity (Wildman–Crippen MR) is 33.9 cm³/mol. The first-order chi connectivity index (χ1) is 4.66. The standard InChI is InChI=1S/C5H8NO4/c1-2-3-10-6(9)4-5(7)8/h2H,1,3-4H2,(H,7,8)/q-1. The van der Waals surface area contributed by atoms with Crippen molar-refractivity contribution >= 4 is 5.97 Å². The van der Waals surface area contributed by atoms with Crippen LogP contribution >= 0.6 is 0 Å². The van der Waals surface area contributed by atoms with Crippen molar-refractivity contribution in [3.05, 3.63) is 17.9 Å². The first-order valence-electron chi connectivity index (χ1n) is 2.57. The molecule has 0 bridgehead atoms. The van der Waals surface area contributed by atoms with Crippen molar-refractivity contribution in [3.63, 3.8) is 0 Å². The van der Waals surface area contributed by atoms with E-state index in [0.717, 1.165) is 0 Å². The molecule has 0 heterocycles. The van der Waals surface area contributed by atoms with Gasteiger partial charge < -0.3 is 15.2 Å². The van der Waals surface area contributed by atoms with Crippen LogP contribution in [0.15, 0.2) is 12.7 Å². The van der Waals surface area contributed by atoms with Crippen LogP contribution in [-0.2, 0) is 9.63 Å². The van der Waals surface area contributed by atoms with Gasteiger partial charge in [0.15, 0.2) is 0 Å². The predicted octanol–water partition coefficient (Wildman–Crippen LogP) is -0.0116. The molecule has 0 aromatic carbocycles. The quantitative estimate of drug-likeness (QED) is 0.436. The lowest BCUT2D eigenvalue weighted by Crippen LogP contribution is -2.24. The van der Waals surface area contributed by atoms with Crippen molar-refractivity contribution < 1.29 is 14.7 Å². The molecule has 0 aliphatic rings. The Morgan fingerprint density at radius 2 is 2.50 bits per heavy atom. The fraction of sp³-hybridized carbons (Fsp3) is 0.400. The van der Waals surface area contributed by atoms with Crippen molar-refractivity contribution in [3.8, 4) is 0 Å². The molecule has 0 aliphatic carbocycles. The molecule has 0 unspecified atom stereocenters. The molecule has 0 spiro atoms. The fourth-order valence-electron chi connectivity index (χ4n) is 0.292. The van der Waals surface area contributed by atoms with Crippen LogP contribution in [0.2, 0.25) is 0 Å². The van der Waals surface area contributed by atoms with E-state index < -0.39 is 12.5 Å². The van der Waals surface area contributed by atoms with E-state index in [2.05, 4.69) is 11.4 Å². The van der Waals surface area contributed by atoms with Gasteiger partial charge >= 0.3 is 5.97 Å². The van der Waals surface area contributed by atoms with Crippen LogP contribution in [0.25, 0.3) is 0 Å². The summed E-state index contributed by atoms with van der Waals surface area (Å²) in [6.45, 7) is 2.63. The van der Waals surface area contributed by atoms with Crippen molar-refractivity contribution in [2.24, 2.45) is 0 Å². The van der Waals surface area contributed by atoms with Gasteiger partial charge in [-0.2, -0.15) is 0 Å². The molecule has 0 saturated carbocycles. The Morgan fingerprint density at radius 1 is 1.90 bits per heavy atom. The van der Waals surface area contributed by atoms with E-state index >= 15 is 0 Å². The summed E-state index contributed by atoms with van der Waals surface area (Å²) in [5.74, 6) is -1.22. The van der Waals surface area contributed by atoms with Crippen molar-refractivity contribution in [2.75, 3.05) is 13.2 Å². The molecule has 10 heavy (non-hydrogen) atoms. The normalized spacial score (nSPS) is 9.80. The zero-order chi connectivity index (χ0) is 7.98. The minimum Gasteiger partial charge on any atom is -0.762 e. The summed E-state index contributed by atoms with van der Waals surface area (Å²) in [6.07, 6.45) is 1.35. The minimum absolute atomic E-state index is 0.00991. The van der Waals surface area contributed by atoms with Crippen LogP contribution < -0.4 is 0 Å². The van der Waals surface area contributed by atoms with Crippen LogP contribution in [-0.4, -0.2) is 29.5 Å². The Labute approximate surface area is 58.0 Å². The molecule has 1 N–H and O–H groups in total. The smallest absolute Gasteiger partial charge is 0.318 e. The zero-order valence-corrected chi connectivity index (χ0v) is 5.32. The second-order valence-corrected chi connectivity index (χ2v) is 1.47. The number of hydrogen-bond acceptors (Lipinski definition) is 4. The lowest BCUT2D eigenvalue weighted by molar-refractivity contribution is -0.155. The monoisotopic (exact) mass is 146 g/mol. The van der Waals surface area contributed by atoms with Gasteiger partial charge in [0, 0.05) is 0 Å². The van der Waals surface area contributed by atoms with Crippen LogP contribution in [0.1, 0.15) is 0 Å². The number of nitrogens with zero attached hydrogens (tertiary/aromatic N) is 1. The summed E-state index contributed by atoms with van der Waals surface area (Å²) in [5, 5.41) is 18.3. The molecule has 0 saturated heterocycles.